The molecule has 20 heavy (non-hydrogen) atoms. The Morgan fingerprint density at radius 3 is 2.45 bits per heavy atom. The van der Waals surface area contributed by atoms with Crippen molar-refractivity contribution in [2.24, 2.45) is 0 Å². The topological polar surface area (TPSA) is 12.9 Å². The summed E-state index contributed by atoms with van der Waals surface area (Å²) in [6.45, 7) is 5.05. The van der Waals surface area contributed by atoms with Gasteiger partial charge < -0.3 is 0 Å². The van der Waals surface area contributed by atoms with Gasteiger partial charge in [-0.05, 0) is 25.1 Å². The summed E-state index contributed by atoms with van der Waals surface area (Å²) in [7, 11) is 0. The normalized spacial score (nSPS) is 11.4. The number of pyridine rings is 1. The zero-order valence-electron chi connectivity index (χ0n) is 10.6. The van der Waals surface area contributed by atoms with Crippen molar-refractivity contribution in [3.05, 3.63) is 59.5 Å². The first-order valence-electron chi connectivity index (χ1n) is 5.80. The molecule has 0 aliphatic heterocycles. The predicted molar refractivity (Wildman–Crippen MR) is 69.5 cm³/mol. The fraction of sp³-hybridized carbons (Fsp3) is 0.133. The molecule has 0 spiro atoms. The van der Waals surface area contributed by atoms with Crippen LogP contribution in [-0.2, 0) is 6.18 Å². The Bertz CT molecular complexity index is 659. The highest BCUT2D eigenvalue weighted by Crippen LogP contribution is 2.33. The van der Waals surface area contributed by atoms with Crippen LogP contribution < -0.4 is 0 Å². The van der Waals surface area contributed by atoms with Gasteiger partial charge in [0.15, 0.2) is 5.69 Å². The Kier molecular flexibility index (Phi) is 3.61. The van der Waals surface area contributed by atoms with Crippen LogP contribution in [0.4, 0.5) is 17.6 Å². The highest BCUT2D eigenvalue weighted by atomic mass is 19.4. The van der Waals surface area contributed by atoms with Gasteiger partial charge >= 0.3 is 6.18 Å². The molecule has 0 radical (unpaired) electrons. The van der Waals surface area contributed by atoms with E-state index < -0.39 is 17.7 Å². The number of rotatable bonds is 2. The van der Waals surface area contributed by atoms with Crippen LogP contribution in [-0.4, -0.2) is 4.98 Å². The molecule has 1 heterocycles. The van der Waals surface area contributed by atoms with Gasteiger partial charge in [0, 0.05) is 11.1 Å². The van der Waals surface area contributed by atoms with Crippen molar-refractivity contribution < 1.29 is 17.6 Å². The lowest BCUT2D eigenvalue weighted by atomic mass is 10.1. The number of halogens is 4. The second kappa shape index (κ2) is 5.07. The highest BCUT2D eigenvalue weighted by Gasteiger charge is 2.35. The molecule has 0 bridgehead atoms. The van der Waals surface area contributed by atoms with Crippen molar-refractivity contribution in [1.82, 2.24) is 4.98 Å². The number of aromatic nitrogens is 1. The molecular weight excluding hydrogens is 270 g/mol. The Hall–Kier alpha value is -2.17. The molecule has 1 aromatic carbocycles. The Balaban J connectivity index is 2.65. The lowest BCUT2D eigenvalue weighted by Gasteiger charge is -2.12. The third-order valence-electron chi connectivity index (χ3n) is 2.81. The van der Waals surface area contributed by atoms with Crippen LogP contribution >= 0.6 is 0 Å². The molecule has 2 rings (SSSR count). The molecule has 1 aromatic heterocycles. The van der Waals surface area contributed by atoms with Crippen LogP contribution in [0.3, 0.4) is 0 Å². The maximum absolute atomic E-state index is 13.7. The lowest BCUT2D eigenvalue weighted by Crippen LogP contribution is -2.11. The van der Waals surface area contributed by atoms with Crippen LogP contribution in [0.1, 0.15) is 16.8 Å². The van der Waals surface area contributed by atoms with E-state index in [2.05, 4.69) is 11.6 Å². The number of hydrogen-bond acceptors (Lipinski definition) is 1. The summed E-state index contributed by atoms with van der Waals surface area (Å²) in [5.41, 5.74) is -0.458. The number of benzene rings is 1. The summed E-state index contributed by atoms with van der Waals surface area (Å²) >= 11 is 0. The van der Waals surface area contributed by atoms with Gasteiger partial charge in [0.1, 0.15) is 5.82 Å². The van der Waals surface area contributed by atoms with E-state index in [1.54, 1.807) is 13.0 Å². The molecule has 1 nitrogen and oxygen atoms in total. The summed E-state index contributed by atoms with van der Waals surface area (Å²) in [5, 5.41) is 0. The molecule has 0 aliphatic rings. The summed E-state index contributed by atoms with van der Waals surface area (Å²) in [6, 6.07) is 6.80. The SMILES string of the molecule is C=Cc1ccc(-c2cc(C)ccc2F)nc1C(F)(F)F. The molecule has 0 unspecified atom stereocenters. The van der Waals surface area contributed by atoms with E-state index in [-0.39, 0.29) is 16.8 Å². The maximum atomic E-state index is 13.7. The first-order chi connectivity index (χ1) is 9.32. The van der Waals surface area contributed by atoms with E-state index in [1.165, 1.54) is 24.3 Å². The predicted octanol–water partition coefficient (Wildman–Crippen LogP) is 4.86. The summed E-state index contributed by atoms with van der Waals surface area (Å²) in [5.74, 6) is -0.609. The zero-order valence-corrected chi connectivity index (χ0v) is 10.6. The summed E-state index contributed by atoms with van der Waals surface area (Å²) in [6.07, 6.45) is -3.54. The van der Waals surface area contributed by atoms with Gasteiger partial charge in [-0.25, -0.2) is 9.37 Å². The first-order valence-corrected chi connectivity index (χ1v) is 5.80. The second-order valence-corrected chi connectivity index (χ2v) is 4.32. The van der Waals surface area contributed by atoms with E-state index in [4.69, 9.17) is 0 Å². The van der Waals surface area contributed by atoms with Crippen LogP contribution in [0.25, 0.3) is 17.3 Å². The fourth-order valence-electron chi connectivity index (χ4n) is 1.85. The molecule has 104 valence electrons. The minimum Gasteiger partial charge on any atom is -0.243 e. The van der Waals surface area contributed by atoms with E-state index in [0.717, 1.165) is 11.6 Å². The minimum atomic E-state index is -4.61. The quantitative estimate of drug-likeness (QED) is 0.716. The minimum absolute atomic E-state index is 0.0473. The molecular formula is C15H11F4N. The number of nitrogens with zero attached hydrogens (tertiary/aromatic N) is 1. The molecule has 0 N–H and O–H groups in total. The number of aryl methyl sites for hydroxylation is 1. The number of hydrogen-bond donors (Lipinski definition) is 0. The van der Waals surface area contributed by atoms with Gasteiger partial charge in [-0.2, -0.15) is 13.2 Å². The van der Waals surface area contributed by atoms with E-state index in [0.29, 0.717) is 0 Å². The zero-order chi connectivity index (χ0) is 14.9. The third kappa shape index (κ3) is 2.71. The van der Waals surface area contributed by atoms with Crippen LogP contribution in [0.15, 0.2) is 36.9 Å². The van der Waals surface area contributed by atoms with Gasteiger partial charge in [-0.1, -0.05) is 30.4 Å². The van der Waals surface area contributed by atoms with E-state index >= 15 is 0 Å². The maximum Gasteiger partial charge on any atom is 0.433 e. The van der Waals surface area contributed by atoms with Crippen molar-refractivity contribution >= 4 is 6.08 Å². The van der Waals surface area contributed by atoms with Gasteiger partial charge in [0.25, 0.3) is 0 Å². The molecule has 0 fully saturated rings. The largest absolute Gasteiger partial charge is 0.433 e. The molecule has 0 aliphatic carbocycles. The lowest BCUT2D eigenvalue weighted by molar-refractivity contribution is -0.141. The van der Waals surface area contributed by atoms with E-state index in [1.807, 2.05) is 0 Å². The Labute approximate surface area is 113 Å². The number of alkyl halides is 3. The Morgan fingerprint density at radius 1 is 1.15 bits per heavy atom. The summed E-state index contributed by atoms with van der Waals surface area (Å²) in [4.78, 5) is 3.55. The van der Waals surface area contributed by atoms with Crippen molar-refractivity contribution in [3.8, 4) is 11.3 Å². The smallest absolute Gasteiger partial charge is 0.243 e. The third-order valence-corrected chi connectivity index (χ3v) is 2.81. The van der Waals surface area contributed by atoms with Gasteiger partial charge in [0.05, 0.1) is 5.69 Å². The van der Waals surface area contributed by atoms with E-state index in [9.17, 15) is 17.6 Å². The van der Waals surface area contributed by atoms with Crippen molar-refractivity contribution in [2.75, 3.05) is 0 Å². The average Bonchev–Trinajstić information content (AvgIpc) is 2.40. The summed E-state index contributed by atoms with van der Waals surface area (Å²) < 4.78 is 52.4. The second-order valence-electron chi connectivity index (χ2n) is 4.32. The average molecular weight is 281 g/mol. The van der Waals surface area contributed by atoms with Crippen molar-refractivity contribution in [3.63, 3.8) is 0 Å². The standard InChI is InChI=1S/C15H11F4N/c1-3-10-5-7-13(20-14(10)15(17,18)19)11-8-9(2)4-6-12(11)16/h3-8H,1H2,2H3. The van der Waals surface area contributed by atoms with Crippen molar-refractivity contribution in [1.29, 1.82) is 0 Å². The van der Waals surface area contributed by atoms with Crippen molar-refractivity contribution in [2.45, 2.75) is 13.1 Å². The van der Waals surface area contributed by atoms with Gasteiger partial charge in [-0.15, -0.1) is 0 Å². The monoisotopic (exact) mass is 281 g/mol. The van der Waals surface area contributed by atoms with Gasteiger partial charge in [0.2, 0.25) is 0 Å². The molecule has 0 saturated heterocycles. The van der Waals surface area contributed by atoms with Crippen LogP contribution in [0.2, 0.25) is 0 Å². The van der Waals surface area contributed by atoms with Crippen LogP contribution in [0, 0.1) is 12.7 Å². The molecule has 0 saturated carbocycles. The highest BCUT2D eigenvalue weighted by molar-refractivity contribution is 5.64. The fourth-order valence-corrected chi connectivity index (χ4v) is 1.85. The molecule has 2 aromatic rings. The van der Waals surface area contributed by atoms with Gasteiger partial charge in [-0.3, -0.25) is 0 Å². The van der Waals surface area contributed by atoms with Crippen LogP contribution in [0.5, 0.6) is 0 Å². The first kappa shape index (κ1) is 14.2. The Morgan fingerprint density at radius 2 is 1.85 bits per heavy atom. The molecule has 0 amide bonds. The molecule has 5 heteroatoms. The molecule has 0 atom stereocenters.